The van der Waals surface area contributed by atoms with E-state index in [0.717, 1.165) is 22.2 Å². The van der Waals surface area contributed by atoms with E-state index in [9.17, 15) is 4.79 Å². The van der Waals surface area contributed by atoms with E-state index in [1.165, 1.54) is 18.7 Å². The molecule has 0 unspecified atom stereocenters. The van der Waals surface area contributed by atoms with Crippen LogP contribution < -0.4 is 19.1 Å². The Hall–Kier alpha value is -2.85. The Balaban J connectivity index is 1.70. The molecule has 0 bridgehead atoms. The molecular weight excluding hydrogens is 496 g/mol. The van der Waals surface area contributed by atoms with Gasteiger partial charge in [-0.25, -0.2) is 0 Å². The lowest BCUT2D eigenvalue weighted by molar-refractivity contribution is -0.118. The summed E-state index contributed by atoms with van der Waals surface area (Å²) in [4.78, 5) is 19.2. The first-order valence-corrected chi connectivity index (χ1v) is 11.9. The summed E-state index contributed by atoms with van der Waals surface area (Å²) in [6, 6.07) is 11.2. The summed E-state index contributed by atoms with van der Waals surface area (Å²) in [6.45, 7) is 3.74. The number of hydrogen-bond donors (Lipinski definition) is 0. The van der Waals surface area contributed by atoms with Crippen molar-refractivity contribution in [2.24, 2.45) is 0 Å². The Morgan fingerprint density at radius 2 is 2.00 bits per heavy atom. The lowest BCUT2D eigenvalue weighted by Gasteiger charge is -2.30. The molecule has 0 saturated carbocycles. The van der Waals surface area contributed by atoms with Crippen molar-refractivity contribution < 1.29 is 19.0 Å². The average Bonchev–Trinajstić information content (AvgIpc) is 3.18. The molecule has 1 aromatic heterocycles. The molecular formula is C22H19BrN4O4S. The van der Waals surface area contributed by atoms with Gasteiger partial charge in [0, 0.05) is 28.3 Å². The molecule has 0 N–H and O–H groups in total. The van der Waals surface area contributed by atoms with Crippen LogP contribution in [0.25, 0.3) is 11.3 Å². The van der Waals surface area contributed by atoms with Crippen LogP contribution in [0.2, 0.25) is 0 Å². The molecule has 5 rings (SSSR count). The monoisotopic (exact) mass is 514 g/mol. The molecule has 164 valence electrons. The first-order valence-electron chi connectivity index (χ1n) is 10.1. The molecule has 32 heavy (non-hydrogen) atoms. The molecule has 0 spiro atoms. The van der Waals surface area contributed by atoms with Gasteiger partial charge in [-0.05, 0) is 24.6 Å². The second kappa shape index (κ2) is 8.59. The fraction of sp³-hybridized carbons (Fsp3) is 0.273. The van der Waals surface area contributed by atoms with Gasteiger partial charge in [0.05, 0.1) is 5.69 Å². The number of carbonyl (C=O) groups is 1. The molecule has 0 aliphatic carbocycles. The van der Waals surface area contributed by atoms with E-state index in [4.69, 9.17) is 14.2 Å². The van der Waals surface area contributed by atoms with Crippen LogP contribution in [-0.2, 0) is 4.79 Å². The number of nitrogens with zero attached hydrogens (tertiary/aromatic N) is 4. The third-order valence-electron chi connectivity index (χ3n) is 5.04. The van der Waals surface area contributed by atoms with E-state index in [1.807, 2.05) is 36.4 Å². The fourth-order valence-corrected chi connectivity index (χ4v) is 4.78. The zero-order valence-electron chi connectivity index (χ0n) is 17.4. The van der Waals surface area contributed by atoms with Crippen molar-refractivity contribution in [2.45, 2.75) is 31.7 Å². The number of fused-ring (bicyclic) bond motifs is 4. The second-order valence-corrected chi connectivity index (χ2v) is 9.12. The van der Waals surface area contributed by atoms with Gasteiger partial charge in [-0.15, -0.1) is 10.2 Å². The van der Waals surface area contributed by atoms with Gasteiger partial charge < -0.3 is 14.2 Å². The predicted molar refractivity (Wildman–Crippen MR) is 123 cm³/mol. The standard InChI is InChI=1S/C22H19BrN4O4S/c1-3-8-32-22-24-20-19(25-26-22)13-6-4-5-7-16(13)27(12(2)28)21(31-20)14-9-17-18(10-15(14)23)30-11-29-17/h4-7,9-10,21H,3,8,11H2,1-2H3/t21-/m0/s1. The summed E-state index contributed by atoms with van der Waals surface area (Å²) in [5.74, 6) is 2.23. The van der Waals surface area contributed by atoms with Gasteiger partial charge in [-0.1, -0.05) is 52.8 Å². The Morgan fingerprint density at radius 1 is 1.22 bits per heavy atom. The number of ether oxygens (including phenoxy) is 3. The Bertz CT molecular complexity index is 1210. The maximum atomic E-state index is 12.9. The maximum Gasteiger partial charge on any atom is 0.247 e. The number of hydrogen-bond acceptors (Lipinski definition) is 8. The molecule has 8 nitrogen and oxygen atoms in total. The summed E-state index contributed by atoms with van der Waals surface area (Å²) in [7, 11) is 0. The summed E-state index contributed by atoms with van der Waals surface area (Å²) in [5, 5.41) is 9.23. The van der Waals surface area contributed by atoms with Crippen molar-refractivity contribution >= 4 is 39.3 Å². The van der Waals surface area contributed by atoms with E-state index >= 15 is 0 Å². The number of amides is 1. The van der Waals surface area contributed by atoms with Crippen LogP contribution >= 0.6 is 27.7 Å². The highest BCUT2D eigenvalue weighted by atomic mass is 79.9. The number of carbonyl (C=O) groups excluding carboxylic acids is 1. The number of para-hydroxylation sites is 1. The van der Waals surface area contributed by atoms with Gasteiger partial charge in [0.25, 0.3) is 0 Å². The van der Waals surface area contributed by atoms with Crippen LogP contribution in [-0.4, -0.2) is 33.6 Å². The van der Waals surface area contributed by atoms with Crippen LogP contribution in [0.4, 0.5) is 5.69 Å². The third-order valence-corrected chi connectivity index (χ3v) is 6.77. The van der Waals surface area contributed by atoms with Crippen LogP contribution in [0, 0.1) is 0 Å². The predicted octanol–water partition coefficient (Wildman–Crippen LogP) is 4.98. The summed E-state index contributed by atoms with van der Waals surface area (Å²) < 4.78 is 18.2. The van der Waals surface area contributed by atoms with Crippen molar-refractivity contribution in [3.05, 3.63) is 46.4 Å². The minimum atomic E-state index is -0.806. The van der Waals surface area contributed by atoms with Gasteiger partial charge in [0.1, 0.15) is 0 Å². The second-order valence-electron chi connectivity index (χ2n) is 7.20. The molecule has 0 fully saturated rings. The molecule has 1 amide bonds. The number of benzene rings is 2. The normalized spacial score (nSPS) is 16.1. The fourth-order valence-electron chi connectivity index (χ4n) is 3.63. The molecule has 0 saturated heterocycles. The van der Waals surface area contributed by atoms with E-state index in [-0.39, 0.29) is 12.7 Å². The van der Waals surface area contributed by atoms with E-state index < -0.39 is 6.23 Å². The molecule has 3 aromatic rings. The van der Waals surface area contributed by atoms with Gasteiger partial charge >= 0.3 is 0 Å². The first kappa shape index (κ1) is 21.0. The summed E-state index contributed by atoms with van der Waals surface area (Å²) >= 11 is 5.12. The number of aromatic nitrogens is 3. The van der Waals surface area contributed by atoms with Gasteiger partial charge in [-0.3, -0.25) is 9.69 Å². The number of halogens is 1. The van der Waals surface area contributed by atoms with Gasteiger partial charge in [0.15, 0.2) is 17.2 Å². The molecule has 0 radical (unpaired) electrons. The van der Waals surface area contributed by atoms with Gasteiger partial charge in [-0.2, -0.15) is 4.98 Å². The SMILES string of the molecule is CCCSc1nnc2c(n1)O[C@@H](c1cc3c(cc1Br)OCO3)N(C(C)=O)c1ccccc1-2. The zero-order valence-corrected chi connectivity index (χ0v) is 19.8. The van der Waals surface area contributed by atoms with Crippen molar-refractivity contribution in [1.29, 1.82) is 0 Å². The van der Waals surface area contributed by atoms with E-state index in [2.05, 4.69) is 38.0 Å². The van der Waals surface area contributed by atoms with E-state index in [0.29, 0.717) is 39.5 Å². The van der Waals surface area contributed by atoms with Crippen molar-refractivity contribution in [2.75, 3.05) is 17.4 Å². The molecule has 2 aliphatic heterocycles. The molecule has 3 heterocycles. The summed E-state index contributed by atoms with van der Waals surface area (Å²) in [5.41, 5.74) is 2.59. The Kier molecular flexibility index (Phi) is 5.64. The molecule has 1 atom stereocenters. The summed E-state index contributed by atoms with van der Waals surface area (Å²) in [6.07, 6.45) is 0.180. The van der Waals surface area contributed by atoms with Crippen LogP contribution in [0.15, 0.2) is 46.0 Å². The Morgan fingerprint density at radius 3 is 2.78 bits per heavy atom. The number of rotatable bonds is 4. The lowest BCUT2D eigenvalue weighted by Crippen LogP contribution is -2.36. The highest BCUT2D eigenvalue weighted by molar-refractivity contribution is 9.10. The van der Waals surface area contributed by atoms with Crippen LogP contribution in [0.1, 0.15) is 32.1 Å². The first-order chi connectivity index (χ1) is 15.6. The van der Waals surface area contributed by atoms with E-state index in [1.54, 1.807) is 4.90 Å². The minimum absolute atomic E-state index is 0.147. The number of thioether (sulfide) groups is 1. The van der Waals surface area contributed by atoms with Crippen LogP contribution in [0.3, 0.4) is 0 Å². The van der Waals surface area contributed by atoms with Crippen LogP contribution in [0.5, 0.6) is 17.4 Å². The zero-order chi connectivity index (χ0) is 22.2. The maximum absolute atomic E-state index is 12.9. The minimum Gasteiger partial charge on any atom is -0.454 e. The van der Waals surface area contributed by atoms with Crippen molar-refractivity contribution in [3.63, 3.8) is 0 Å². The largest absolute Gasteiger partial charge is 0.454 e. The highest BCUT2D eigenvalue weighted by Crippen LogP contribution is 2.46. The smallest absolute Gasteiger partial charge is 0.247 e. The quantitative estimate of drug-likeness (QED) is 0.450. The van der Waals surface area contributed by atoms with Gasteiger partial charge in [0.2, 0.25) is 30.0 Å². The average molecular weight is 515 g/mol. The lowest BCUT2D eigenvalue weighted by atomic mass is 10.1. The third kappa shape index (κ3) is 3.67. The van der Waals surface area contributed by atoms with Crippen molar-refractivity contribution in [3.8, 4) is 28.6 Å². The molecule has 10 heteroatoms. The van der Waals surface area contributed by atoms with Crippen molar-refractivity contribution in [1.82, 2.24) is 15.2 Å². The number of anilines is 1. The molecule has 2 aromatic carbocycles. The highest BCUT2D eigenvalue weighted by Gasteiger charge is 2.36. The topological polar surface area (TPSA) is 86.7 Å². The molecule has 2 aliphatic rings. The Labute approximate surface area is 197 Å².